The number of hydrogen-bond acceptors (Lipinski definition) is 3. The number of piperidine rings is 1. The zero-order valence-corrected chi connectivity index (χ0v) is 8.13. The van der Waals surface area contributed by atoms with E-state index in [-0.39, 0.29) is 0 Å². The highest BCUT2D eigenvalue weighted by molar-refractivity contribution is 4.94. The summed E-state index contributed by atoms with van der Waals surface area (Å²) in [5.41, 5.74) is 0. The largest absolute Gasteiger partial charge is 0.443 e. The summed E-state index contributed by atoms with van der Waals surface area (Å²) in [6.45, 7) is 0.506. The standard InChI is InChI=1S/C10H15FN2O/c11-6-9-7-13-10(14-9)5-8-3-1-2-4-12-8/h7-8,12H,1-6H2. The monoisotopic (exact) mass is 198 g/mol. The summed E-state index contributed by atoms with van der Waals surface area (Å²) in [6, 6.07) is 0.454. The van der Waals surface area contributed by atoms with Crippen LogP contribution in [0.4, 0.5) is 4.39 Å². The van der Waals surface area contributed by atoms with Gasteiger partial charge in [0.25, 0.3) is 0 Å². The zero-order chi connectivity index (χ0) is 9.80. The van der Waals surface area contributed by atoms with Crippen LogP contribution in [0.3, 0.4) is 0 Å². The molecule has 78 valence electrons. The normalized spacial score (nSPS) is 22.5. The minimum absolute atomic E-state index is 0.329. The van der Waals surface area contributed by atoms with Crippen LogP contribution >= 0.6 is 0 Å². The Balaban J connectivity index is 1.89. The van der Waals surface area contributed by atoms with Crippen molar-refractivity contribution in [1.82, 2.24) is 10.3 Å². The lowest BCUT2D eigenvalue weighted by Gasteiger charge is -2.21. The first-order valence-electron chi connectivity index (χ1n) is 5.11. The Morgan fingerprint density at radius 1 is 1.57 bits per heavy atom. The molecule has 2 rings (SSSR count). The molecule has 0 aliphatic carbocycles. The van der Waals surface area contributed by atoms with Gasteiger partial charge in [-0.05, 0) is 19.4 Å². The Morgan fingerprint density at radius 3 is 3.14 bits per heavy atom. The molecule has 4 heteroatoms. The van der Waals surface area contributed by atoms with Gasteiger partial charge < -0.3 is 9.73 Å². The van der Waals surface area contributed by atoms with Crippen LogP contribution in [0, 0.1) is 0 Å². The van der Waals surface area contributed by atoms with Crippen LogP contribution in [0.5, 0.6) is 0 Å². The highest BCUT2D eigenvalue weighted by atomic mass is 19.1. The van der Waals surface area contributed by atoms with Gasteiger partial charge in [0.1, 0.15) is 6.67 Å². The Labute approximate surface area is 82.7 Å². The van der Waals surface area contributed by atoms with Crippen molar-refractivity contribution < 1.29 is 8.81 Å². The summed E-state index contributed by atoms with van der Waals surface area (Å²) in [7, 11) is 0. The SMILES string of the molecule is FCc1cnc(CC2CCCCN2)o1. The number of rotatable bonds is 3. The number of aromatic nitrogens is 1. The smallest absolute Gasteiger partial charge is 0.196 e. The van der Waals surface area contributed by atoms with Gasteiger partial charge in [-0.1, -0.05) is 6.42 Å². The molecule has 1 aliphatic heterocycles. The van der Waals surface area contributed by atoms with E-state index in [9.17, 15) is 4.39 Å². The Morgan fingerprint density at radius 2 is 2.50 bits per heavy atom. The fraction of sp³-hybridized carbons (Fsp3) is 0.700. The molecule has 1 aromatic rings. The Hall–Kier alpha value is -0.900. The predicted molar refractivity (Wildman–Crippen MR) is 50.7 cm³/mol. The molecule has 14 heavy (non-hydrogen) atoms. The molecular formula is C10H15FN2O. The van der Waals surface area contributed by atoms with Gasteiger partial charge in [0.15, 0.2) is 11.7 Å². The van der Waals surface area contributed by atoms with Gasteiger partial charge in [-0.2, -0.15) is 0 Å². The maximum atomic E-state index is 12.2. The number of oxazole rings is 1. The second-order valence-corrected chi connectivity index (χ2v) is 3.70. The van der Waals surface area contributed by atoms with Gasteiger partial charge in [0, 0.05) is 12.5 Å². The fourth-order valence-electron chi connectivity index (χ4n) is 1.81. The Bertz CT molecular complexity index is 281. The second kappa shape index (κ2) is 4.55. The first-order valence-corrected chi connectivity index (χ1v) is 5.11. The van der Waals surface area contributed by atoms with Gasteiger partial charge in [-0.3, -0.25) is 0 Å². The van der Waals surface area contributed by atoms with Crippen molar-refractivity contribution in [3.8, 4) is 0 Å². The quantitative estimate of drug-likeness (QED) is 0.805. The first kappa shape index (κ1) is 9.65. The molecule has 0 amide bonds. The highest BCUT2D eigenvalue weighted by Crippen LogP contribution is 2.13. The third kappa shape index (κ3) is 2.32. The third-order valence-corrected chi connectivity index (χ3v) is 2.57. The minimum atomic E-state index is -0.564. The lowest BCUT2D eigenvalue weighted by Crippen LogP contribution is -2.35. The number of halogens is 1. The van der Waals surface area contributed by atoms with Crippen LogP contribution in [-0.4, -0.2) is 17.6 Å². The van der Waals surface area contributed by atoms with Crippen molar-refractivity contribution in [2.75, 3.05) is 6.54 Å². The molecule has 0 spiro atoms. The number of alkyl halides is 1. The number of nitrogens with one attached hydrogen (secondary N) is 1. The fourth-order valence-corrected chi connectivity index (χ4v) is 1.81. The van der Waals surface area contributed by atoms with Crippen molar-refractivity contribution in [3.05, 3.63) is 17.8 Å². The van der Waals surface area contributed by atoms with Crippen LogP contribution in [0.2, 0.25) is 0 Å². The second-order valence-electron chi connectivity index (χ2n) is 3.70. The van der Waals surface area contributed by atoms with Crippen LogP contribution in [0.1, 0.15) is 30.9 Å². The van der Waals surface area contributed by atoms with E-state index in [1.807, 2.05) is 0 Å². The summed E-state index contributed by atoms with van der Waals surface area (Å²) in [5.74, 6) is 0.979. The Kier molecular flexibility index (Phi) is 3.14. The third-order valence-electron chi connectivity index (χ3n) is 2.57. The topological polar surface area (TPSA) is 38.1 Å². The summed E-state index contributed by atoms with van der Waals surface area (Å²) in [6.07, 6.45) is 5.91. The average molecular weight is 198 g/mol. The van der Waals surface area contributed by atoms with Crippen LogP contribution < -0.4 is 5.32 Å². The van der Waals surface area contributed by atoms with Gasteiger partial charge in [0.2, 0.25) is 0 Å². The summed E-state index contributed by atoms with van der Waals surface area (Å²) in [4.78, 5) is 4.03. The predicted octanol–water partition coefficient (Wildman–Crippen LogP) is 1.83. The minimum Gasteiger partial charge on any atom is -0.443 e. The molecule has 0 bridgehead atoms. The van der Waals surface area contributed by atoms with E-state index in [1.165, 1.54) is 19.0 Å². The van der Waals surface area contributed by atoms with Gasteiger partial charge in [-0.15, -0.1) is 0 Å². The van der Waals surface area contributed by atoms with Crippen LogP contribution in [0.25, 0.3) is 0 Å². The van der Waals surface area contributed by atoms with E-state index >= 15 is 0 Å². The summed E-state index contributed by atoms with van der Waals surface area (Å²) < 4.78 is 17.4. The molecule has 0 aromatic carbocycles. The van der Waals surface area contributed by atoms with Gasteiger partial charge in [-0.25, -0.2) is 9.37 Å². The molecule has 1 N–H and O–H groups in total. The summed E-state index contributed by atoms with van der Waals surface area (Å²) in [5, 5.41) is 3.40. The highest BCUT2D eigenvalue weighted by Gasteiger charge is 2.15. The molecule has 1 unspecified atom stereocenters. The molecular weight excluding hydrogens is 183 g/mol. The van der Waals surface area contributed by atoms with Crippen molar-refractivity contribution in [3.63, 3.8) is 0 Å². The van der Waals surface area contributed by atoms with Crippen molar-refractivity contribution >= 4 is 0 Å². The maximum Gasteiger partial charge on any atom is 0.196 e. The molecule has 2 heterocycles. The van der Waals surface area contributed by atoms with Crippen molar-refractivity contribution in [1.29, 1.82) is 0 Å². The number of nitrogens with zero attached hydrogens (tertiary/aromatic N) is 1. The molecule has 1 aliphatic rings. The summed E-state index contributed by atoms with van der Waals surface area (Å²) >= 11 is 0. The molecule has 1 saturated heterocycles. The van der Waals surface area contributed by atoms with E-state index in [0.717, 1.165) is 19.4 Å². The van der Waals surface area contributed by atoms with Crippen molar-refractivity contribution in [2.45, 2.75) is 38.4 Å². The lowest BCUT2D eigenvalue weighted by molar-refractivity contribution is 0.340. The van der Waals surface area contributed by atoms with E-state index in [1.54, 1.807) is 0 Å². The molecule has 0 saturated carbocycles. The molecule has 1 aromatic heterocycles. The molecule has 1 fully saturated rings. The van der Waals surface area contributed by atoms with E-state index in [4.69, 9.17) is 4.42 Å². The van der Waals surface area contributed by atoms with Crippen LogP contribution in [0.15, 0.2) is 10.6 Å². The zero-order valence-electron chi connectivity index (χ0n) is 8.13. The van der Waals surface area contributed by atoms with Crippen LogP contribution in [-0.2, 0) is 13.1 Å². The lowest BCUT2D eigenvalue weighted by atomic mass is 10.0. The molecule has 0 radical (unpaired) electrons. The van der Waals surface area contributed by atoms with E-state index in [0.29, 0.717) is 17.7 Å². The van der Waals surface area contributed by atoms with E-state index < -0.39 is 6.67 Å². The first-order chi connectivity index (χ1) is 6.88. The maximum absolute atomic E-state index is 12.2. The van der Waals surface area contributed by atoms with Crippen molar-refractivity contribution in [2.24, 2.45) is 0 Å². The number of hydrogen-bond donors (Lipinski definition) is 1. The van der Waals surface area contributed by atoms with Gasteiger partial charge in [0.05, 0.1) is 6.20 Å². The average Bonchev–Trinajstić information content (AvgIpc) is 2.67. The van der Waals surface area contributed by atoms with E-state index in [2.05, 4.69) is 10.3 Å². The molecule has 3 nitrogen and oxygen atoms in total. The molecule has 1 atom stereocenters. The van der Waals surface area contributed by atoms with Gasteiger partial charge >= 0.3 is 0 Å².